The molecule has 148 valence electrons. The minimum absolute atomic E-state index is 0.121. The van der Waals surface area contributed by atoms with Crippen molar-refractivity contribution in [1.29, 1.82) is 0 Å². The van der Waals surface area contributed by atoms with Gasteiger partial charge in [-0.1, -0.05) is 11.6 Å². The highest BCUT2D eigenvalue weighted by Gasteiger charge is 2.23. The van der Waals surface area contributed by atoms with Crippen LogP contribution in [-0.2, 0) is 21.3 Å². The fraction of sp³-hybridized carbons (Fsp3) is 0.263. The van der Waals surface area contributed by atoms with Crippen LogP contribution >= 0.6 is 11.6 Å². The number of carbonyl (C=O) groups excluding carboxylic acids is 1. The average Bonchev–Trinajstić information content (AvgIpc) is 3.05. The number of benzene rings is 2. The van der Waals surface area contributed by atoms with Crippen molar-refractivity contribution >= 4 is 38.6 Å². The molecule has 0 spiro atoms. The normalized spacial score (nSPS) is 12.9. The van der Waals surface area contributed by atoms with Crippen molar-refractivity contribution in [3.05, 3.63) is 58.9 Å². The summed E-state index contributed by atoms with van der Waals surface area (Å²) in [6, 6.07) is 10.4. The molecule has 3 rings (SSSR count). The molecule has 7 nitrogen and oxygen atoms in total. The van der Waals surface area contributed by atoms with Gasteiger partial charge in [-0.15, -0.1) is 0 Å². The molecular weight excluding hydrogens is 402 g/mol. The first-order valence-electron chi connectivity index (χ1n) is 8.63. The second-order valence-electron chi connectivity index (χ2n) is 6.21. The van der Waals surface area contributed by atoms with Crippen molar-refractivity contribution in [3.63, 3.8) is 0 Å². The van der Waals surface area contributed by atoms with Gasteiger partial charge in [-0.25, -0.2) is 22.9 Å². The van der Waals surface area contributed by atoms with E-state index in [1.165, 1.54) is 31.4 Å². The highest BCUT2D eigenvalue weighted by atomic mass is 35.5. The van der Waals surface area contributed by atoms with Crippen LogP contribution in [0.1, 0.15) is 36.1 Å². The number of halogens is 1. The maximum Gasteiger partial charge on any atom is 0.337 e. The molecule has 9 heteroatoms. The fourth-order valence-electron chi connectivity index (χ4n) is 3.02. The predicted molar refractivity (Wildman–Crippen MR) is 107 cm³/mol. The summed E-state index contributed by atoms with van der Waals surface area (Å²) in [5.74, 6) is 0.100. The first-order chi connectivity index (χ1) is 13.3. The van der Waals surface area contributed by atoms with Crippen molar-refractivity contribution in [1.82, 2.24) is 14.3 Å². The number of nitrogens with zero attached hydrogens (tertiary/aromatic N) is 2. The molecule has 0 saturated heterocycles. The molecule has 0 radical (unpaired) electrons. The lowest BCUT2D eigenvalue weighted by atomic mass is 10.2. The molecule has 0 fully saturated rings. The number of sulfonamides is 1. The molecule has 2 aromatic carbocycles. The smallest absolute Gasteiger partial charge is 0.337 e. The number of carbonyl (C=O) groups is 1. The summed E-state index contributed by atoms with van der Waals surface area (Å²) in [7, 11) is -2.43. The van der Waals surface area contributed by atoms with Crippen LogP contribution in [0.2, 0.25) is 5.02 Å². The minimum Gasteiger partial charge on any atom is -0.465 e. The quantitative estimate of drug-likeness (QED) is 0.615. The minimum atomic E-state index is -3.75. The lowest BCUT2D eigenvalue weighted by Gasteiger charge is -2.15. The highest BCUT2D eigenvalue weighted by molar-refractivity contribution is 7.89. The van der Waals surface area contributed by atoms with Gasteiger partial charge in [0.05, 0.1) is 34.6 Å². The Labute approximate surface area is 168 Å². The number of hydrogen-bond donors (Lipinski definition) is 1. The van der Waals surface area contributed by atoms with E-state index in [0.29, 0.717) is 28.5 Å². The maximum atomic E-state index is 12.7. The third kappa shape index (κ3) is 3.89. The highest BCUT2D eigenvalue weighted by Crippen LogP contribution is 2.24. The molecule has 1 atom stereocenters. The molecule has 0 amide bonds. The first-order valence-corrected chi connectivity index (χ1v) is 10.5. The van der Waals surface area contributed by atoms with Crippen LogP contribution < -0.4 is 4.72 Å². The van der Waals surface area contributed by atoms with E-state index in [1.54, 1.807) is 25.1 Å². The predicted octanol–water partition coefficient (Wildman–Crippen LogP) is 3.54. The molecule has 28 heavy (non-hydrogen) atoms. The Kier molecular flexibility index (Phi) is 5.74. The third-order valence-electron chi connectivity index (χ3n) is 4.36. The number of aryl methyl sites for hydroxylation is 1. The Bertz CT molecular complexity index is 1120. The second kappa shape index (κ2) is 7.90. The molecule has 1 aromatic heterocycles. The van der Waals surface area contributed by atoms with Gasteiger partial charge in [0, 0.05) is 11.6 Å². The molecule has 0 unspecified atom stereocenters. The zero-order chi connectivity index (χ0) is 20.5. The Hall–Kier alpha value is -2.42. The topological polar surface area (TPSA) is 90.3 Å². The summed E-state index contributed by atoms with van der Waals surface area (Å²) >= 11 is 5.83. The Morgan fingerprint density at radius 2 is 1.93 bits per heavy atom. The number of nitrogens with one attached hydrogen (secondary N) is 1. The van der Waals surface area contributed by atoms with E-state index in [-0.39, 0.29) is 4.90 Å². The molecule has 1 N–H and O–H groups in total. The molecule has 0 aliphatic carbocycles. The maximum absolute atomic E-state index is 12.7. The van der Waals surface area contributed by atoms with Crippen LogP contribution in [0.3, 0.4) is 0 Å². The Balaban J connectivity index is 1.97. The van der Waals surface area contributed by atoms with Crippen molar-refractivity contribution in [2.75, 3.05) is 7.11 Å². The van der Waals surface area contributed by atoms with E-state index in [4.69, 9.17) is 16.3 Å². The van der Waals surface area contributed by atoms with Crippen LogP contribution in [0, 0.1) is 0 Å². The molecule has 0 aliphatic rings. The standard InChI is InChI=1S/C19H20ClN3O4S/c1-4-23-17-10-5-13(19(24)27-3)11-16(17)21-18(23)12(2)22-28(25,26)15-8-6-14(20)7-9-15/h5-12,22H,4H2,1-3H3/t12-/m1/s1. The first kappa shape index (κ1) is 20.3. The van der Waals surface area contributed by atoms with E-state index >= 15 is 0 Å². The summed E-state index contributed by atoms with van der Waals surface area (Å²) in [6.45, 7) is 4.26. The SMILES string of the molecule is CCn1c([C@@H](C)NS(=O)(=O)c2ccc(Cl)cc2)nc2cc(C(=O)OC)ccc21. The Morgan fingerprint density at radius 1 is 1.25 bits per heavy atom. The summed E-state index contributed by atoms with van der Waals surface area (Å²) in [6.07, 6.45) is 0. The van der Waals surface area contributed by atoms with Gasteiger partial charge in [-0.2, -0.15) is 0 Å². The lowest BCUT2D eigenvalue weighted by molar-refractivity contribution is 0.0601. The summed E-state index contributed by atoms with van der Waals surface area (Å²) in [5.41, 5.74) is 1.79. The zero-order valence-electron chi connectivity index (χ0n) is 15.6. The summed E-state index contributed by atoms with van der Waals surface area (Å²) in [4.78, 5) is 16.4. The van der Waals surface area contributed by atoms with Crippen LogP contribution in [0.5, 0.6) is 0 Å². The second-order valence-corrected chi connectivity index (χ2v) is 8.36. The van der Waals surface area contributed by atoms with Gasteiger partial charge >= 0.3 is 5.97 Å². The van der Waals surface area contributed by atoms with Crippen molar-refractivity contribution in [2.24, 2.45) is 0 Å². The van der Waals surface area contributed by atoms with Crippen LogP contribution in [0.15, 0.2) is 47.4 Å². The van der Waals surface area contributed by atoms with E-state index in [9.17, 15) is 13.2 Å². The summed E-state index contributed by atoms with van der Waals surface area (Å²) < 4.78 is 34.6. The van der Waals surface area contributed by atoms with Gasteiger partial charge in [0.25, 0.3) is 0 Å². The van der Waals surface area contributed by atoms with E-state index in [0.717, 1.165) is 5.52 Å². The number of rotatable bonds is 6. The number of aromatic nitrogens is 2. The molecule has 1 heterocycles. The van der Waals surface area contributed by atoms with E-state index in [2.05, 4.69) is 9.71 Å². The number of ether oxygens (including phenoxy) is 1. The fourth-order valence-corrected chi connectivity index (χ4v) is 4.35. The van der Waals surface area contributed by atoms with Gasteiger partial charge in [-0.3, -0.25) is 0 Å². The molecule has 0 bridgehead atoms. The molecular formula is C19H20ClN3O4S. The molecule has 0 aliphatic heterocycles. The van der Waals surface area contributed by atoms with Crippen LogP contribution in [0.25, 0.3) is 11.0 Å². The van der Waals surface area contributed by atoms with Gasteiger partial charge in [0.1, 0.15) is 5.82 Å². The van der Waals surface area contributed by atoms with Gasteiger partial charge < -0.3 is 9.30 Å². The largest absolute Gasteiger partial charge is 0.465 e. The van der Waals surface area contributed by atoms with Crippen LogP contribution in [-0.4, -0.2) is 31.0 Å². The average molecular weight is 422 g/mol. The van der Waals surface area contributed by atoms with Gasteiger partial charge in [0.2, 0.25) is 10.0 Å². The third-order valence-corrected chi connectivity index (χ3v) is 6.17. The number of methoxy groups -OCH3 is 1. The zero-order valence-corrected chi connectivity index (χ0v) is 17.2. The number of imidazole rings is 1. The Morgan fingerprint density at radius 3 is 2.54 bits per heavy atom. The molecule has 3 aromatic rings. The number of fused-ring (bicyclic) bond motifs is 1. The van der Waals surface area contributed by atoms with E-state index < -0.39 is 22.0 Å². The van der Waals surface area contributed by atoms with E-state index in [1.807, 2.05) is 11.5 Å². The van der Waals surface area contributed by atoms with Crippen molar-refractivity contribution in [2.45, 2.75) is 31.3 Å². The lowest BCUT2D eigenvalue weighted by Crippen LogP contribution is -2.28. The monoisotopic (exact) mass is 421 g/mol. The summed E-state index contributed by atoms with van der Waals surface area (Å²) in [5, 5.41) is 0.459. The van der Waals surface area contributed by atoms with Gasteiger partial charge in [-0.05, 0) is 56.3 Å². The number of hydrogen-bond acceptors (Lipinski definition) is 5. The van der Waals surface area contributed by atoms with Crippen molar-refractivity contribution in [3.8, 4) is 0 Å². The number of esters is 1. The molecule has 0 saturated carbocycles. The van der Waals surface area contributed by atoms with Gasteiger partial charge in [0.15, 0.2) is 0 Å². The van der Waals surface area contributed by atoms with Crippen LogP contribution in [0.4, 0.5) is 0 Å². The van der Waals surface area contributed by atoms with Crippen molar-refractivity contribution < 1.29 is 17.9 Å².